The molecule has 0 radical (unpaired) electrons. The number of aromatic nitrogens is 2. The van der Waals surface area contributed by atoms with Crippen LogP contribution in [-0.4, -0.2) is 17.1 Å². The van der Waals surface area contributed by atoms with Crippen molar-refractivity contribution in [3.8, 4) is 5.88 Å². The Balaban J connectivity index is 2.09. The van der Waals surface area contributed by atoms with Gasteiger partial charge in [-0.1, -0.05) is 29.8 Å². The lowest BCUT2D eigenvalue weighted by Crippen LogP contribution is -2.29. The minimum atomic E-state index is -0.0841. The van der Waals surface area contributed by atoms with E-state index < -0.39 is 0 Å². The van der Waals surface area contributed by atoms with Gasteiger partial charge in [-0.05, 0) is 25.3 Å². The number of rotatable bonds is 6. The Labute approximate surface area is 119 Å². The fourth-order valence-corrected chi connectivity index (χ4v) is 2.21. The van der Waals surface area contributed by atoms with Crippen molar-refractivity contribution >= 4 is 0 Å². The van der Waals surface area contributed by atoms with Crippen LogP contribution in [0.15, 0.2) is 36.7 Å². The van der Waals surface area contributed by atoms with Gasteiger partial charge in [0.05, 0.1) is 13.2 Å². The molecule has 5 nitrogen and oxygen atoms in total. The molecule has 5 heteroatoms. The monoisotopic (exact) mass is 272 g/mol. The van der Waals surface area contributed by atoms with Crippen molar-refractivity contribution in [3.05, 3.63) is 53.5 Å². The molecular weight excluding hydrogens is 252 g/mol. The van der Waals surface area contributed by atoms with Crippen molar-refractivity contribution in [3.63, 3.8) is 0 Å². The fourth-order valence-electron chi connectivity index (χ4n) is 2.21. The van der Waals surface area contributed by atoms with E-state index in [2.05, 4.69) is 46.6 Å². The second-order valence-corrected chi connectivity index (χ2v) is 4.70. The molecule has 3 N–H and O–H groups in total. The number of ether oxygens (including phenoxy) is 1. The molecular formula is C15H20N4O. The Morgan fingerprint density at radius 2 is 2.10 bits per heavy atom. The molecule has 0 fully saturated rings. The molecule has 2 rings (SSSR count). The molecule has 106 valence electrons. The van der Waals surface area contributed by atoms with Crippen molar-refractivity contribution < 1.29 is 4.74 Å². The summed E-state index contributed by atoms with van der Waals surface area (Å²) in [6.45, 7) is 2.09. The van der Waals surface area contributed by atoms with Gasteiger partial charge in [-0.25, -0.2) is 4.98 Å². The molecule has 1 heterocycles. The zero-order valence-corrected chi connectivity index (χ0v) is 11.8. The highest BCUT2D eigenvalue weighted by Crippen LogP contribution is 2.23. The maximum Gasteiger partial charge on any atom is 0.237 e. The van der Waals surface area contributed by atoms with Crippen LogP contribution in [0.1, 0.15) is 29.3 Å². The van der Waals surface area contributed by atoms with Gasteiger partial charge in [0.1, 0.15) is 5.69 Å². The van der Waals surface area contributed by atoms with Crippen LogP contribution in [0.2, 0.25) is 0 Å². The standard InChI is InChI=1S/C15H20N4O/c1-11-4-3-5-12(10-11)6-7-13(19-16)14-15(20-2)18-9-8-17-14/h3-5,8-10,13,19H,6-7,16H2,1-2H3. The average molecular weight is 272 g/mol. The van der Waals surface area contributed by atoms with Crippen LogP contribution in [0.5, 0.6) is 5.88 Å². The topological polar surface area (TPSA) is 73.1 Å². The number of hydrazine groups is 1. The molecule has 1 aromatic carbocycles. The molecule has 0 spiro atoms. The third-order valence-corrected chi connectivity index (χ3v) is 3.22. The Hall–Kier alpha value is -1.98. The normalized spacial score (nSPS) is 12.2. The van der Waals surface area contributed by atoms with E-state index in [-0.39, 0.29) is 6.04 Å². The van der Waals surface area contributed by atoms with Gasteiger partial charge in [-0.15, -0.1) is 0 Å². The summed E-state index contributed by atoms with van der Waals surface area (Å²) in [7, 11) is 1.58. The van der Waals surface area contributed by atoms with Crippen LogP contribution in [0.3, 0.4) is 0 Å². The highest BCUT2D eigenvalue weighted by Gasteiger charge is 2.17. The number of hydrogen-bond donors (Lipinski definition) is 2. The van der Waals surface area contributed by atoms with Crippen molar-refractivity contribution in [2.45, 2.75) is 25.8 Å². The lowest BCUT2D eigenvalue weighted by Gasteiger charge is -2.17. The third kappa shape index (κ3) is 3.53. The Kier molecular flexibility index (Phi) is 5.03. The smallest absolute Gasteiger partial charge is 0.237 e. The summed E-state index contributed by atoms with van der Waals surface area (Å²) in [6.07, 6.45) is 5.00. The minimum absolute atomic E-state index is 0.0841. The first-order valence-corrected chi connectivity index (χ1v) is 6.61. The number of hydrogen-bond acceptors (Lipinski definition) is 5. The average Bonchev–Trinajstić information content (AvgIpc) is 2.48. The molecule has 2 aromatic rings. The van der Waals surface area contributed by atoms with Crippen LogP contribution in [0.25, 0.3) is 0 Å². The first kappa shape index (κ1) is 14.4. The van der Waals surface area contributed by atoms with Gasteiger partial charge in [0, 0.05) is 12.4 Å². The number of benzene rings is 1. The Morgan fingerprint density at radius 1 is 1.30 bits per heavy atom. The van der Waals surface area contributed by atoms with Crippen molar-refractivity contribution in [1.29, 1.82) is 0 Å². The summed E-state index contributed by atoms with van der Waals surface area (Å²) in [5.41, 5.74) is 6.08. The van der Waals surface area contributed by atoms with Gasteiger partial charge < -0.3 is 4.74 Å². The molecule has 0 saturated carbocycles. The van der Waals surface area contributed by atoms with Crippen molar-refractivity contribution in [2.75, 3.05) is 7.11 Å². The molecule has 1 unspecified atom stereocenters. The summed E-state index contributed by atoms with van der Waals surface area (Å²) >= 11 is 0. The Bertz CT molecular complexity index is 559. The van der Waals surface area contributed by atoms with Crippen LogP contribution in [0.4, 0.5) is 0 Å². The summed E-state index contributed by atoms with van der Waals surface area (Å²) in [5, 5.41) is 0. The summed E-state index contributed by atoms with van der Waals surface area (Å²) in [4.78, 5) is 8.48. The van der Waals surface area contributed by atoms with E-state index in [9.17, 15) is 0 Å². The summed E-state index contributed by atoms with van der Waals surface area (Å²) in [5.74, 6) is 6.16. The molecule has 20 heavy (non-hydrogen) atoms. The lowest BCUT2D eigenvalue weighted by atomic mass is 10.0. The first-order valence-electron chi connectivity index (χ1n) is 6.61. The number of nitrogens with zero attached hydrogens (tertiary/aromatic N) is 2. The zero-order valence-electron chi connectivity index (χ0n) is 11.8. The second kappa shape index (κ2) is 6.98. The lowest BCUT2D eigenvalue weighted by molar-refractivity contribution is 0.374. The van der Waals surface area contributed by atoms with E-state index in [4.69, 9.17) is 10.6 Å². The highest BCUT2D eigenvalue weighted by molar-refractivity contribution is 5.24. The number of nitrogens with two attached hydrogens (primary N) is 1. The minimum Gasteiger partial charge on any atom is -0.480 e. The molecule has 0 aliphatic rings. The van der Waals surface area contributed by atoms with Crippen molar-refractivity contribution in [1.82, 2.24) is 15.4 Å². The Morgan fingerprint density at radius 3 is 2.80 bits per heavy atom. The van der Waals surface area contributed by atoms with E-state index >= 15 is 0 Å². The van der Waals surface area contributed by atoms with E-state index in [1.165, 1.54) is 11.1 Å². The fraction of sp³-hybridized carbons (Fsp3) is 0.333. The molecule has 0 aliphatic heterocycles. The van der Waals surface area contributed by atoms with Gasteiger partial charge >= 0.3 is 0 Å². The van der Waals surface area contributed by atoms with Gasteiger partial charge in [-0.2, -0.15) is 0 Å². The number of methoxy groups -OCH3 is 1. The molecule has 0 amide bonds. The largest absolute Gasteiger partial charge is 0.480 e. The van der Waals surface area contributed by atoms with Gasteiger partial charge in [0.25, 0.3) is 0 Å². The number of nitrogens with one attached hydrogen (secondary N) is 1. The maximum atomic E-state index is 5.65. The van der Waals surface area contributed by atoms with Crippen molar-refractivity contribution in [2.24, 2.45) is 5.84 Å². The molecule has 0 saturated heterocycles. The van der Waals surface area contributed by atoms with Gasteiger partial charge in [0.2, 0.25) is 5.88 Å². The molecule has 1 aromatic heterocycles. The predicted octanol–water partition coefficient (Wildman–Crippen LogP) is 1.93. The quantitative estimate of drug-likeness (QED) is 0.621. The van der Waals surface area contributed by atoms with E-state index in [1.807, 2.05) is 0 Å². The molecule has 1 atom stereocenters. The van der Waals surface area contributed by atoms with Crippen LogP contribution >= 0.6 is 0 Å². The van der Waals surface area contributed by atoms with E-state index in [1.54, 1.807) is 19.5 Å². The predicted molar refractivity (Wildman–Crippen MR) is 78.1 cm³/mol. The van der Waals surface area contributed by atoms with Gasteiger partial charge in [-0.3, -0.25) is 16.3 Å². The molecule has 0 aliphatic carbocycles. The van der Waals surface area contributed by atoms with E-state index in [0.717, 1.165) is 18.5 Å². The van der Waals surface area contributed by atoms with Crippen LogP contribution in [0, 0.1) is 6.92 Å². The van der Waals surface area contributed by atoms with Crippen LogP contribution < -0.4 is 16.0 Å². The highest BCUT2D eigenvalue weighted by atomic mass is 16.5. The third-order valence-electron chi connectivity index (χ3n) is 3.22. The summed E-state index contributed by atoms with van der Waals surface area (Å²) in [6, 6.07) is 8.38. The van der Waals surface area contributed by atoms with Gasteiger partial charge in [0.15, 0.2) is 0 Å². The SMILES string of the molecule is COc1nccnc1C(CCc1cccc(C)c1)NN. The first-order chi connectivity index (χ1) is 9.74. The molecule has 0 bridgehead atoms. The maximum absolute atomic E-state index is 5.65. The number of aryl methyl sites for hydroxylation is 2. The van der Waals surface area contributed by atoms with E-state index in [0.29, 0.717) is 5.88 Å². The zero-order chi connectivity index (χ0) is 14.4. The second-order valence-electron chi connectivity index (χ2n) is 4.70. The summed E-state index contributed by atoms with van der Waals surface area (Å²) < 4.78 is 5.23. The van der Waals surface area contributed by atoms with Crippen LogP contribution in [-0.2, 0) is 6.42 Å².